The Labute approximate surface area is 111 Å². The smallest absolute Gasteiger partial charge is 0.324 e. The van der Waals surface area contributed by atoms with Crippen LogP contribution in [0.5, 0.6) is 0 Å². The van der Waals surface area contributed by atoms with Crippen LogP contribution in [0.1, 0.15) is 33.6 Å². The molecule has 1 heterocycles. The van der Waals surface area contributed by atoms with Gasteiger partial charge in [-0.2, -0.15) is 0 Å². The number of rotatable bonds is 6. The van der Waals surface area contributed by atoms with Crippen LogP contribution in [-0.4, -0.2) is 50.2 Å². The summed E-state index contributed by atoms with van der Waals surface area (Å²) < 4.78 is 4.88. The Morgan fingerprint density at radius 2 is 2.00 bits per heavy atom. The van der Waals surface area contributed by atoms with E-state index >= 15 is 0 Å². The molecule has 3 unspecified atom stereocenters. The van der Waals surface area contributed by atoms with Gasteiger partial charge in [-0.15, -0.1) is 0 Å². The lowest BCUT2D eigenvalue weighted by atomic mass is 9.91. The highest BCUT2D eigenvalue weighted by Gasteiger charge is 2.27. The first kappa shape index (κ1) is 15.4. The molecule has 0 spiro atoms. The van der Waals surface area contributed by atoms with Crippen molar-refractivity contribution in [2.45, 2.75) is 39.7 Å². The molecule has 0 aromatic heterocycles. The van der Waals surface area contributed by atoms with E-state index in [1.165, 1.54) is 13.5 Å². The molecule has 1 aliphatic rings. The molecule has 4 heteroatoms. The van der Waals surface area contributed by atoms with Crippen molar-refractivity contribution < 1.29 is 9.53 Å². The predicted octanol–water partition coefficient (Wildman–Crippen LogP) is 1.51. The maximum atomic E-state index is 11.7. The fourth-order valence-electron chi connectivity index (χ4n) is 2.88. The standard InChI is InChI=1S/C14H28N2O2/c1-5-6-15-13(14(17)18-4)10-16-8-11(2)7-12(3)9-16/h11-13,15H,5-10H2,1-4H3. The quantitative estimate of drug-likeness (QED) is 0.731. The van der Waals surface area contributed by atoms with E-state index in [2.05, 4.69) is 31.0 Å². The zero-order chi connectivity index (χ0) is 13.5. The van der Waals surface area contributed by atoms with Crippen LogP contribution in [0.3, 0.4) is 0 Å². The van der Waals surface area contributed by atoms with Gasteiger partial charge >= 0.3 is 5.97 Å². The van der Waals surface area contributed by atoms with Gasteiger partial charge in [-0.3, -0.25) is 4.79 Å². The summed E-state index contributed by atoms with van der Waals surface area (Å²) in [5.74, 6) is 1.30. The maximum Gasteiger partial charge on any atom is 0.324 e. The van der Waals surface area contributed by atoms with E-state index in [1.54, 1.807) is 0 Å². The van der Waals surface area contributed by atoms with Crippen LogP contribution in [0.25, 0.3) is 0 Å². The van der Waals surface area contributed by atoms with Crippen LogP contribution < -0.4 is 5.32 Å². The molecule has 0 radical (unpaired) electrons. The average Bonchev–Trinajstić information content (AvgIpc) is 2.32. The summed E-state index contributed by atoms with van der Waals surface area (Å²) in [6.45, 7) is 10.5. The molecule has 0 saturated carbocycles. The highest BCUT2D eigenvalue weighted by atomic mass is 16.5. The van der Waals surface area contributed by atoms with E-state index in [9.17, 15) is 4.79 Å². The molecule has 106 valence electrons. The summed E-state index contributed by atoms with van der Waals surface area (Å²) in [6.07, 6.45) is 2.32. The van der Waals surface area contributed by atoms with Gasteiger partial charge in [0.05, 0.1) is 7.11 Å². The van der Waals surface area contributed by atoms with Crippen molar-refractivity contribution in [1.29, 1.82) is 0 Å². The zero-order valence-electron chi connectivity index (χ0n) is 12.2. The Kier molecular flexibility index (Phi) is 6.65. The molecule has 1 N–H and O–H groups in total. The third kappa shape index (κ3) is 4.94. The monoisotopic (exact) mass is 256 g/mol. The summed E-state index contributed by atoms with van der Waals surface area (Å²) in [4.78, 5) is 14.1. The summed E-state index contributed by atoms with van der Waals surface area (Å²) >= 11 is 0. The van der Waals surface area contributed by atoms with Crippen molar-refractivity contribution in [3.63, 3.8) is 0 Å². The lowest BCUT2D eigenvalue weighted by Crippen LogP contribution is -2.50. The summed E-state index contributed by atoms with van der Waals surface area (Å²) in [6, 6.07) is -0.188. The number of nitrogens with zero attached hydrogens (tertiary/aromatic N) is 1. The van der Waals surface area contributed by atoms with Crippen molar-refractivity contribution in [2.24, 2.45) is 11.8 Å². The number of carbonyl (C=O) groups excluding carboxylic acids is 1. The molecule has 1 rings (SSSR count). The third-order valence-corrected chi connectivity index (χ3v) is 3.51. The van der Waals surface area contributed by atoms with Gasteiger partial charge in [-0.1, -0.05) is 20.8 Å². The van der Waals surface area contributed by atoms with Gasteiger partial charge in [-0.25, -0.2) is 0 Å². The number of piperidine rings is 1. The number of nitrogens with one attached hydrogen (secondary N) is 1. The van der Waals surface area contributed by atoms with E-state index in [-0.39, 0.29) is 12.0 Å². The number of methoxy groups -OCH3 is 1. The van der Waals surface area contributed by atoms with E-state index in [1.807, 2.05) is 0 Å². The lowest BCUT2D eigenvalue weighted by Gasteiger charge is -2.36. The van der Waals surface area contributed by atoms with Crippen LogP contribution in [0, 0.1) is 11.8 Å². The Bertz CT molecular complexity index is 248. The molecular weight excluding hydrogens is 228 g/mol. The molecule has 1 saturated heterocycles. The van der Waals surface area contributed by atoms with E-state index in [4.69, 9.17) is 4.74 Å². The molecule has 4 nitrogen and oxygen atoms in total. The second kappa shape index (κ2) is 7.74. The van der Waals surface area contributed by atoms with Gasteiger partial charge in [0, 0.05) is 19.6 Å². The highest BCUT2D eigenvalue weighted by Crippen LogP contribution is 2.20. The van der Waals surface area contributed by atoms with Gasteiger partial charge < -0.3 is 15.0 Å². The van der Waals surface area contributed by atoms with Crippen LogP contribution in [0.2, 0.25) is 0 Å². The SMILES string of the molecule is CCCNC(CN1CC(C)CC(C)C1)C(=O)OC. The minimum atomic E-state index is -0.188. The van der Waals surface area contributed by atoms with E-state index < -0.39 is 0 Å². The number of ether oxygens (including phenoxy) is 1. The van der Waals surface area contributed by atoms with Crippen molar-refractivity contribution in [1.82, 2.24) is 10.2 Å². The minimum absolute atomic E-state index is 0.144. The molecule has 1 aliphatic heterocycles. The third-order valence-electron chi connectivity index (χ3n) is 3.51. The second-order valence-electron chi connectivity index (χ2n) is 5.69. The predicted molar refractivity (Wildman–Crippen MR) is 73.5 cm³/mol. The van der Waals surface area contributed by atoms with E-state index in [0.717, 1.165) is 44.4 Å². The molecule has 0 amide bonds. The number of likely N-dealkylation sites (tertiary alicyclic amines) is 1. The van der Waals surface area contributed by atoms with Gasteiger partial charge in [0.25, 0.3) is 0 Å². The lowest BCUT2D eigenvalue weighted by molar-refractivity contribution is -0.143. The fraction of sp³-hybridized carbons (Fsp3) is 0.929. The van der Waals surface area contributed by atoms with Gasteiger partial charge in [0.15, 0.2) is 0 Å². The highest BCUT2D eigenvalue weighted by molar-refractivity contribution is 5.75. The summed E-state index contributed by atoms with van der Waals surface area (Å²) in [5, 5.41) is 3.28. The van der Waals surface area contributed by atoms with Crippen molar-refractivity contribution in [2.75, 3.05) is 33.3 Å². The van der Waals surface area contributed by atoms with E-state index in [0.29, 0.717) is 0 Å². The van der Waals surface area contributed by atoms with Crippen molar-refractivity contribution in [3.05, 3.63) is 0 Å². The van der Waals surface area contributed by atoms with Gasteiger partial charge in [0.1, 0.15) is 6.04 Å². The normalized spacial score (nSPS) is 26.9. The van der Waals surface area contributed by atoms with Crippen molar-refractivity contribution >= 4 is 5.97 Å². The van der Waals surface area contributed by atoms with Gasteiger partial charge in [-0.05, 0) is 31.2 Å². The number of hydrogen-bond acceptors (Lipinski definition) is 4. The molecule has 0 aliphatic carbocycles. The van der Waals surface area contributed by atoms with Crippen LogP contribution in [0.15, 0.2) is 0 Å². The largest absolute Gasteiger partial charge is 0.468 e. The van der Waals surface area contributed by atoms with Crippen LogP contribution >= 0.6 is 0 Å². The molecular formula is C14H28N2O2. The Balaban J connectivity index is 2.50. The molecule has 3 atom stereocenters. The molecule has 18 heavy (non-hydrogen) atoms. The molecule has 0 aromatic carbocycles. The van der Waals surface area contributed by atoms with Crippen LogP contribution in [-0.2, 0) is 9.53 Å². The minimum Gasteiger partial charge on any atom is -0.468 e. The molecule has 0 aromatic rings. The molecule has 0 bridgehead atoms. The Hall–Kier alpha value is -0.610. The Morgan fingerprint density at radius 3 is 2.50 bits per heavy atom. The van der Waals surface area contributed by atoms with Gasteiger partial charge in [0.2, 0.25) is 0 Å². The maximum absolute atomic E-state index is 11.7. The number of carbonyl (C=O) groups is 1. The number of esters is 1. The number of hydrogen-bond donors (Lipinski definition) is 1. The fourth-order valence-corrected chi connectivity index (χ4v) is 2.88. The first-order chi connectivity index (χ1) is 8.56. The van der Waals surface area contributed by atoms with Crippen LogP contribution in [0.4, 0.5) is 0 Å². The van der Waals surface area contributed by atoms with Crippen molar-refractivity contribution in [3.8, 4) is 0 Å². The zero-order valence-corrected chi connectivity index (χ0v) is 12.2. The first-order valence-corrected chi connectivity index (χ1v) is 7.10. The molecule has 1 fully saturated rings. The average molecular weight is 256 g/mol. The Morgan fingerprint density at radius 1 is 1.39 bits per heavy atom. The second-order valence-corrected chi connectivity index (χ2v) is 5.69. The summed E-state index contributed by atoms with van der Waals surface area (Å²) in [5.41, 5.74) is 0. The topological polar surface area (TPSA) is 41.6 Å². The summed E-state index contributed by atoms with van der Waals surface area (Å²) in [7, 11) is 1.46. The first-order valence-electron chi connectivity index (χ1n) is 7.10.